The van der Waals surface area contributed by atoms with Gasteiger partial charge in [-0.1, -0.05) is 11.6 Å². The lowest BCUT2D eigenvalue weighted by atomic mass is 10.2. The second kappa shape index (κ2) is 10.9. The van der Waals surface area contributed by atoms with Gasteiger partial charge in [-0.25, -0.2) is 20.0 Å². The number of nitrogens with zero attached hydrogens (tertiary/aromatic N) is 5. The van der Waals surface area contributed by atoms with E-state index in [4.69, 9.17) is 11.6 Å². The van der Waals surface area contributed by atoms with Crippen LogP contribution in [0, 0.1) is 0 Å². The van der Waals surface area contributed by atoms with Crippen molar-refractivity contribution < 1.29 is 19.2 Å². The second-order valence-corrected chi connectivity index (χ2v) is 9.32. The molecule has 1 atom stereocenters. The van der Waals surface area contributed by atoms with E-state index in [-0.39, 0.29) is 17.4 Å². The van der Waals surface area contributed by atoms with Gasteiger partial charge in [-0.15, -0.1) is 11.3 Å². The number of pyridine rings is 1. The number of fused-ring (bicyclic) bond motifs is 1. The molecule has 0 spiro atoms. The van der Waals surface area contributed by atoms with Crippen molar-refractivity contribution in [3.05, 3.63) is 38.9 Å². The molecule has 0 saturated heterocycles. The third-order valence-electron chi connectivity index (χ3n) is 4.99. The van der Waals surface area contributed by atoms with Crippen molar-refractivity contribution in [2.75, 3.05) is 40.1 Å². The number of nitrogens with one attached hydrogen (secondary N) is 3. The molecule has 0 fully saturated rings. The van der Waals surface area contributed by atoms with Gasteiger partial charge in [0.05, 0.1) is 17.3 Å². The van der Waals surface area contributed by atoms with Crippen molar-refractivity contribution in [1.29, 1.82) is 0 Å². The summed E-state index contributed by atoms with van der Waals surface area (Å²) in [6.45, 7) is 0.910. The largest absolute Gasteiger partial charge is 0.347 e. The van der Waals surface area contributed by atoms with Crippen LogP contribution in [0.3, 0.4) is 0 Å². The van der Waals surface area contributed by atoms with Gasteiger partial charge in [0.2, 0.25) is 5.91 Å². The molecule has 0 saturated carbocycles. The molecule has 4 amide bonds. The number of carbonyl (C=O) groups excluding carboxylic acids is 4. The number of rotatable bonds is 6. The zero-order chi connectivity index (χ0) is 25.0. The number of hydrazine groups is 1. The Kier molecular flexibility index (Phi) is 8.15. The van der Waals surface area contributed by atoms with Gasteiger partial charge >= 0.3 is 11.8 Å². The van der Waals surface area contributed by atoms with E-state index >= 15 is 0 Å². The molecular formula is C20H25ClN8O4S. The van der Waals surface area contributed by atoms with E-state index in [1.54, 1.807) is 0 Å². The fourth-order valence-corrected chi connectivity index (χ4v) is 4.16. The van der Waals surface area contributed by atoms with Crippen LogP contribution >= 0.6 is 22.9 Å². The zero-order valence-electron chi connectivity index (χ0n) is 19.1. The molecule has 1 aliphatic heterocycles. The maximum atomic E-state index is 12.8. The van der Waals surface area contributed by atoms with E-state index in [9.17, 15) is 19.2 Å². The Bertz CT molecular complexity index is 1060. The Morgan fingerprint density at radius 3 is 2.50 bits per heavy atom. The number of hydrogen-bond donors (Lipinski definition) is 3. The normalized spacial score (nSPS) is 14.6. The van der Waals surface area contributed by atoms with Crippen LogP contribution in [0.15, 0.2) is 18.3 Å². The maximum absolute atomic E-state index is 12.8. The van der Waals surface area contributed by atoms with E-state index in [0.29, 0.717) is 18.1 Å². The maximum Gasteiger partial charge on any atom is 0.314 e. The lowest BCUT2D eigenvalue weighted by molar-refractivity contribution is -0.136. The zero-order valence-corrected chi connectivity index (χ0v) is 20.7. The van der Waals surface area contributed by atoms with Crippen LogP contribution in [0.25, 0.3) is 0 Å². The molecule has 3 heterocycles. The number of aromatic nitrogens is 2. The Morgan fingerprint density at radius 1 is 1.15 bits per heavy atom. The Labute approximate surface area is 205 Å². The van der Waals surface area contributed by atoms with Crippen molar-refractivity contribution in [2.24, 2.45) is 0 Å². The van der Waals surface area contributed by atoms with E-state index in [1.165, 1.54) is 48.7 Å². The molecule has 0 bridgehead atoms. The van der Waals surface area contributed by atoms with E-state index in [0.717, 1.165) is 10.6 Å². The lowest BCUT2D eigenvalue weighted by Crippen LogP contribution is -2.53. The van der Waals surface area contributed by atoms with Gasteiger partial charge in [0.15, 0.2) is 5.01 Å². The summed E-state index contributed by atoms with van der Waals surface area (Å²) in [5, 5.41) is 11.9. The first-order chi connectivity index (χ1) is 16.0. The Hall–Kier alpha value is -3.13. The standard InChI is InChI=1S/C20H25ClN8O4S/c1-27(2)20(33)12(8-23-16(30)17(31)26-15-6-5-11(21)7-22-15)24-18(32)19-25-13-9-28(3)29(4)10-14(13)34-19/h5-7,12H,8-10H2,1-4H3,(H,23,30)(H,24,32)(H,22,26,31). The van der Waals surface area contributed by atoms with E-state index in [1.807, 2.05) is 24.1 Å². The summed E-state index contributed by atoms with van der Waals surface area (Å²) >= 11 is 7.00. The van der Waals surface area contributed by atoms with Crippen LogP contribution in [-0.2, 0) is 27.5 Å². The van der Waals surface area contributed by atoms with Gasteiger partial charge in [0, 0.05) is 52.4 Å². The average Bonchev–Trinajstić information content (AvgIpc) is 3.20. The van der Waals surface area contributed by atoms with Crippen molar-refractivity contribution in [3.8, 4) is 0 Å². The second-order valence-electron chi connectivity index (χ2n) is 7.80. The van der Waals surface area contributed by atoms with Crippen molar-refractivity contribution in [2.45, 2.75) is 19.1 Å². The minimum Gasteiger partial charge on any atom is -0.347 e. The first-order valence-electron chi connectivity index (χ1n) is 10.2. The molecule has 0 aromatic carbocycles. The van der Waals surface area contributed by atoms with Crippen LogP contribution in [0.1, 0.15) is 20.4 Å². The third-order valence-corrected chi connectivity index (χ3v) is 6.30. The highest BCUT2D eigenvalue weighted by Crippen LogP contribution is 2.26. The van der Waals surface area contributed by atoms with Crippen molar-refractivity contribution in [3.63, 3.8) is 0 Å². The molecule has 0 aliphatic carbocycles. The predicted octanol–water partition coefficient (Wildman–Crippen LogP) is -0.0748. The minimum absolute atomic E-state index is 0.141. The number of carbonyl (C=O) groups is 4. The number of hydrogen-bond acceptors (Lipinski definition) is 9. The molecular weight excluding hydrogens is 484 g/mol. The SMILES string of the molecule is CN(C)C(=O)C(CNC(=O)C(=O)Nc1ccc(Cl)cn1)NC(=O)c1nc2c(s1)CN(C)N(C)C2. The molecule has 3 N–H and O–H groups in total. The summed E-state index contributed by atoms with van der Waals surface area (Å²) in [4.78, 5) is 60.4. The van der Waals surface area contributed by atoms with Crippen LogP contribution < -0.4 is 16.0 Å². The van der Waals surface area contributed by atoms with Gasteiger partial charge in [0.1, 0.15) is 11.9 Å². The van der Waals surface area contributed by atoms with Crippen LogP contribution in [-0.4, -0.2) is 89.3 Å². The summed E-state index contributed by atoms with van der Waals surface area (Å²) < 4.78 is 0. The Morgan fingerprint density at radius 2 is 1.85 bits per heavy atom. The van der Waals surface area contributed by atoms with Crippen LogP contribution in [0.5, 0.6) is 0 Å². The third kappa shape index (κ3) is 6.26. The molecule has 1 unspecified atom stereocenters. The first-order valence-corrected chi connectivity index (χ1v) is 11.4. The van der Waals surface area contributed by atoms with E-state index < -0.39 is 29.7 Å². The number of amides is 4. The van der Waals surface area contributed by atoms with Crippen LogP contribution in [0.4, 0.5) is 5.82 Å². The highest BCUT2D eigenvalue weighted by molar-refractivity contribution is 7.13. The summed E-state index contributed by atoms with van der Waals surface area (Å²) in [6, 6.07) is 1.85. The molecule has 2 aromatic rings. The number of likely N-dealkylation sites (N-methyl/N-ethyl adjacent to an activating group) is 1. The van der Waals surface area contributed by atoms with E-state index in [2.05, 4.69) is 25.9 Å². The molecule has 14 heteroatoms. The van der Waals surface area contributed by atoms with Gasteiger partial charge in [-0.2, -0.15) is 0 Å². The fourth-order valence-electron chi connectivity index (χ4n) is 3.02. The Balaban J connectivity index is 1.63. The summed E-state index contributed by atoms with van der Waals surface area (Å²) in [5.74, 6) is -2.80. The first kappa shape index (κ1) is 25.5. The smallest absolute Gasteiger partial charge is 0.314 e. The predicted molar refractivity (Wildman–Crippen MR) is 126 cm³/mol. The molecule has 182 valence electrons. The molecule has 34 heavy (non-hydrogen) atoms. The molecule has 3 rings (SSSR count). The number of thiazole rings is 1. The van der Waals surface area contributed by atoms with Crippen molar-refractivity contribution in [1.82, 2.24) is 35.5 Å². The molecule has 1 aliphatic rings. The summed E-state index contributed by atoms with van der Waals surface area (Å²) in [5.41, 5.74) is 0.812. The summed E-state index contributed by atoms with van der Waals surface area (Å²) in [7, 11) is 6.91. The minimum atomic E-state index is -1.10. The van der Waals surface area contributed by atoms with Crippen LogP contribution in [0.2, 0.25) is 5.02 Å². The number of anilines is 1. The molecule has 0 radical (unpaired) electrons. The monoisotopic (exact) mass is 508 g/mol. The fraction of sp³-hybridized carbons (Fsp3) is 0.400. The molecule has 2 aromatic heterocycles. The van der Waals surface area contributed by atoms with Gasteiger partial charge in [-0.3, -0.25) is 19.2 Å². The highest BCUT2D eigenvalue weighted by atomic mass is 35.5. The quantitative estimate of drug-likeness (QED) is 0.460. The highest BCUT2D eigenvalue weighted by Gasteiger charge is 2.28. The van der Waals surface area contributed by atoms with Gasteiger partial charge in [0.25, 0.3) is 5.91 Å². The van der Waals surface area contributed by atoms with Crippen molar-refractivity contribution >= 4 is 52.4 Å². The summed E-state index contributed by atoms with van der Waals surface area (Å²) in [6.07, 6.45) is 1.32. The topological polar surface area (TPSA) is 140 Å². The lowest BCUT2D eigenvalue weighted by Gasteiger charge is -2.31. The molecule has 12 nitrogen and oxygen atoms in total. The van der Waals surface area contributed by atoms with Gasteiger partial charge < -0.3 is 20.9 Å². The van der Waals surface area contributed by atoms with Gasteiger partial charge in [-0.05, 0) is 12.1 Å². The average molecular weight is 509 g/mol. The number of halogens is 1.